The van der Waals surface area contributed by atoms with E-state index >= 15 is 0 Å². The van der Waals surface area contributed by atoms with Crippen LogP contribution in [0.3, 0.4) is 0 Å². The Kier molecular flexibility index (Phi) is 2.35. The van der Waals surface area contributed by atoms with E-state index in [9.17, 15) is 4.79 Å². The normalized spacial score (nSPS) is 17.4. The molecule has 1 aliphatic rings. The highest BCUT2D eigenvalue weighted by atomic mass is 16.5. The molecule has 1 heterocycles. The fourth-order valence-electron chi connectivity index (χ4n) is 1.66. The molecular formula is C12H12O2. The summed E-state index contributed by atoms with van der Waals surface area (Å²) < 4.78 is 5.48. The van der Waals surface area contributed by atoms with Gasteiger partial charge < -0.3 is 4.74 Å². The summed E-state index contributed by atoms with van der Waals surface area (Å²) in [5.41, 5.74) is 2.13. The molecule has 0 atom stereocenters. The number of allylic oxidation sites excluding steroid dienone is 1. The van der Waals surface area contributed by atoms with Crippen molar-refractivity contribution in [1.82, 2.24) is 0 Å². The first-order chi connectivity index (χ1) is 6.77. The van der Waals surface area contributed by atoms with E-state index in [0.717, 1.165) is 23.3 Å². The van der Waals surface area contributed by atoms with Crippen molar-refractivity contribution in [3.63, 3.8) is 0 Å². The van der Waals surface area contributed by atoms with E-state index < -0.39 is 0 Å². The maximum atomic E-state index is 11.0. The highest BCUT2D eigenvalue weighted by Crippen LogP contribution is 2.32. The number of hydrogen-bond donors (Lipinski definition) is 0. The van der Waals surface area contributed by atoms with Crippen molar-refractivity contribution in [1.29, 1.82) is 0 Å². The van der Waals surface area contributed by atoms with Gasteiger partial charge in [-0.3, -0.25) is 4.79 Å². The molecule has 2 heteroatoms. The fraction of sp³-hybridized carbons (Fsp3) is 0.250. The van der Waals surface area contributed by atoms with Gasteiger partial charge in [0.25, 0.3) is 0 Å². The summed E-state index contributed by atoms with van der Waals surface area (Å²) in [6.45, 7) is 2.24. The molecule has 0 radical (unpaired) electrons. The number of ketones is 1. The number of rotatable bonds is 1. The Morgan fingerprint density at radius 3 is 3.00 bits per heavy atom. The van der Waals surface area contributed by atoms with Crippen LogP contribution in [0.1, 0.15) is 18.9 Å². The van der Waals surface area contributed by atoms with Crippen LogP contribution in [0.5, 0.6) is 5.75 Å². The smallest absolute Gasteiger partial charge is 0.152 e. The number of para-hydroxylation sites is 1. The number of benzene rings is 1. The van der Waals surface area contributed by atoms with Gasteiger partial charge in [-0.15, -0.1) is 0 Å². The van der Waals surface area contributed by atoms with Gasteiger partial charge in [0.2, 0.25) is 0 Å². The highest BCUT2D eigenvalue weighted by Gasteiger charge is 2.14. The zero-order valence-electron chi connectivity index (χ0n) is 8.12. The van der Waals surface area contributed by atoms with Gasteiger partial charge in [0.05, 0.1) is 6.61 Å². The van der Waals surface area contributed by atoms with Gasteiger partial charge in [0.15, 0.2) is 5.78 Å². The van der Waals surface area contributed by atoms with E-state index in [2.05, 4.69) is 0 Å². The number of carbonyl (C=O) groups excluding carboxylic acids is 1. The average Bonchev–Trinajstić information content (AvgIpc) is 2.18. The average molecular weight is 188 g/mol. The van der Waals surface area contributed by atoms with Gasteiger partial charge in [-0.25, -0.2) is 0 Å². The van der Waals surface area contributed by atoms with Gasteiger partial charge in [-0.2, -0.15) is 0 Å². The summed E-state index contributed by atoms with van der Waals surface area (Å²) in [6, 6.07) is 7.82. The second kappa shape index (κ2) is 3.66. The van der Waals surface area contributed by atoms with Crippen LogP contribution >= 0.6 is 0 Å². The largest absolute Gasteiger partial charge is 0.493 e. The SMILES string of the molecule is CC(=O)/C=C1/CCOc2ccccc21. The molecule has 0 aromatic heterocycles. The van der Waals surface area contributed by atoms with E-state index in [0.29, 0.717) is 6.61 Å². The zero-order valence-corrected chi connectivity index (χ0v) is 8.12. The molecule has 14 heavy (non-hydrogen) atoms. The van der Waals surface area contributed by atoms with E-state index in [1.807, 2.05) is 24.3 Å². The summed E-state index contributed by atoms with van der Waals surface area (Å²) in [7, 11) is 0. The number of carbonyl (C=O) groups is 1. The molecule has 2 rings (SSSR count). The number of hydrogen-bond acceptors (Lipinski definition) is 2. The summed E-state index contributed by atoms with van der Waals surface area (Å²) in [6.07, 6.45) is 2.51. The summed E-state index contributed by atoms with van der Waals surface area (Å²) in [5, 5.41) is 0. The van der Waals surface area contributed by atoms with Crippen molar-refractivity contribution in [2.24, 2.45) is 0 Å². The Labute approximate surface area is 83.2 Å². The van der Waals surface area contributed by atoms with Crippen LogP contribution in [0, 0.1) is 0 Å². The second-order valence-electron chi connectivity index (χ2n) is 3.37. The van der Waals surface area contributed by atoms with E-state index in [-0.39, 0.29) is 5.78 Å². The molecule has 0 fully saturated rings. The van der Waals surface area contributed by atoms with Crippen LogP contribution in [0.25, 0.3) is 5.57 Å². The van der Waals surface area contributed by atoms with Gasteiger partial charge in [-0.05, 0) is 24.6 Å². The second-order valence-corrected chi connectivity index (χ2v) is 3.37. The Balaban J connectivity index is 2.45. The molecular weight excluding hydrogens is 176 g/mol. The van der Waals surface area contributed by atoms with Crippen LogP contribution in [0.15, 0.2) is 30.3 Å². The van der Waals surface area contributed by atoms with Gasteiger partial charge in [0.1, 0.15) is 5.75 Å². The maximum absolute atomic E-state index is 11.0. The van der Waals surface area contributed by atoms with Crippen LogP contribution in [-0.4, -0.2) is 12.4 Å². The Morgan fingerprint density at radius 2 is 2.21 bits per heavy atom. The van der Waals surface area contributed by atoms with Crippen LogP contribution in [-0.2, 0) is 4.79 Å². The quantitative estimate of drug-likeness (QED) is 0.633. The van der Waals surface area contributed by atoms with Gasteiger partial charge in [-0.1, -0.05) is 18.2 Å². The third-order valence-corrected chi connectivity index (χ3v) is 2.24. The van der Waals surface area contributed by atoms with Gasteiger partial charge >= 0.3 is 0 Å². The number of ether oxygens (including phenoxy) is 1. The lowest BCUT2D eigenvalue weighted by Gasteiger charge is -2.19. The maximum Gasteiger partial charge on any atom is 0.152 e. The molecule has 0 saturated carbocycles. The van der Waals surface area contributed by atoms with Crippen molar-refractivity contribution in [3.05, 3.63) is 35.9 Å². The minimum atomic E-state index is 0.0942. The van der Waals surface area contributed by atoms with Crippen molar-refractivity contribution in [3.8, 4) is 5.75 Å². The highest BCUT2D eigenvalue weighted by molar-refractivity contribution is 5.96. The molecule has 1 aromatic carbocycles. The van der Waals surface area contributed by atoms with Crippen LogP contribution < -0.4 is 4.74 Å². The third-order valence-electron chi connectivity index (χ3n) is 2.24. The van der Waals surface area contributed by atoms with Crippen molar-refractivity contribution >= 4 is 11.4 Å². The lowest BCUT2D eigenvalue weighted by molar-refractivity contribution is -0.112. The molecule has 1 aromatic rings. The van der Waals surface area contributed by atoms with Crippen molar-refractivity contribution in [2.75, 3.05) is 6.61 Å². The Hall–Kier alpha value is -1.57. The van der Waals surface area contributed by atoms with Crippen LogP contribution in [0.4, 0.5) is 0 Å². The van der Waals surface area contributed by atoms with Crippen molar-refractivity contribution in [2.45, 2.75) is 13.3 Å². The molecule has 72 valence electrons. The monoisotopic (exact) mass is 188 g/mol. The lowest BCUT2D eigenvalue weighted by atomic mass is 9.99. The summed E-state index contributed by atoms with van der Waals surface area (Å²) >= 11 is 0. The first-order valence-electron chi connectivity index (χ1n) is 4.71. The third kappa shape index (κ3) is 1.69. The minimum absolute atomic E-state index is 0.0942. The van der Waals surface area contributed by atoms with E-state index in [1.54, 1.807) is 13.0 Å². The molecule has 0 unspecified atom stereocenters. The molecule has 0 amide bonds. The van der Waals surface area contributed by atoms with E-state index in [1.165, 1.54) is 0 Å². The molecule has 0 N–H and O–H groups in total. The summed E-state index contributed by atoms with van der Waals surface area (Å²) in [5.74, 6) is 0.975. The predicted molar refractivity (Wildman–Crippen MR) is 55.2 cm³/mol. The molecule has 2 nitrogen and oxygen atoms in total. The van der Waals surface area contributed by atoms with E-state index in [4.69, 9.17) is 4.74 Å². The molecule has 0 aliphatic carbocycles. The minimum Gasteiger partial charge on any atom is -0.493 e. The van der Waals surface area contributed by atoms with Crippen molar-refractivity contribution < 1.29 is 9.53 Å². The Morgan fingerprint density at radius 1 is 1.43 bits per heavy atom. The first-order valence-corrected chi connectivity index (χ1v) is 4.71. The molecule has 0 spiro atoms. The van der Waals surface area contributed by atoms with Gasteiger partial charge in [0, 0.05) is 12.0 Å². The predicted octanol–water partition coefficient (Wildman–Crippen LogP) is 2.44. The molecule has 0 bridgehead atoms. The lowest BCUT2D eigenvalue weighted by Crippen LogP contribution is -2.08. The standard InChI is InChI=1S/C12H12O2/c1-9(13)8-10-6-7-14-12-5-3-2-4-11(10)12/h2-5,8H,6-7H2,1H3/b10-8-. The molecule has 0 saturated heterocycles. The Bertz CT molecular complexity index is 391. The first kappa shape index (κ1) is 9.00. The summed E-state index contributed by atoms with van der Waals surface area (Å²) in [4.78, 5) is 11.0. The zero-order chi connectivity index (χ0) is 9.97. The molecule has 1 aliphatic heterocycles. The fourth-order valence-corrected chi connectivity index (χ4v) is 1.66. The topological polar surface area (TPSA) is 26.3 Å². The van der Waals surface area contributed by atoms with Crippen LogP contribution in [0.2, 0.25) is 0 Å². The number of fused-ring (bicyclic) bond motifs is 1.